The van der Waals surface area contributed by atoms with Gasteiger partial charge in [-0.15, -0.1) is 5.10 Å². The molecule has 2 aromatic rings. The number of nitriles is 2. The number of hydrogen-bond acceptors (Lipinski definition) is 6. The summed E-state index contributed by atoms with van der Waals surface area (Å²) in [7, 11) is 0. The molecule has 0 spiro atoms. The molecule has 0 saturated carbocycles. The second-order valence-corrected chi connectivity index (χ2v) is 6.16. The zero-order valence-electron chi connectivity index (χ0n) is 14.4. The number of piperidine rings is 1. The fraction of sp³-hybridized carbons (Fsp3) is 0.368. The van der Waals surface area contributed by atoms with E-state index in [4.69, 9.17) is 10.00 Å². The topological polar surface area (TPSA) is 85.8 Å². The van der Waals surface area contributed by atoms with Gasteiger partial charge in [-0.05, 0) is 37.6 Å². The predicted octanol–water partition coefficient (Wildman–Crippen LogP) is 2.88. The molecular formula is C19H19N5O. The first-order valence-corrected chi connectivity index (χ1v) is 8.28. The molecule has 0 bridgehead atoms. The normalized spacial score (nSPS) is 14.6. The highest BCUT2D eigenvalue weighted by Gasteiger charge is 2.24. The number of aryl methyl sites for hydroxylation is 1. The molecule has 1 aromatic carbocycles. The van der Waals surface area contributed by atoms with Crippen LogP contribution in [0.4, 0.5) is 5.82 Å². The molecule has 6 nitrogen and oxygen atoms in total. The van der Waals surface area contributed by atoms with Gasteiger partial charge in [-0.1, -0.05) is 6.07 Å². The quantitative estimate of drug-likeness (QED) is 0.858. The SMILES string of the molecule is Cc1nnc(N2CCC(Oc3cccc(C#N)c3)CC2)c(C#N)c1C. The molecule has 1 aromatic heterocycles. The Bertz CT molecular complexity index is 857. The molecular weight excluding hydrogens is 314 g/mol. The van der Waals surface area contributed by atoms with E-state index in [0.717, 1.165) is 42.9 Å². The largest absolute Gasteiger partial charge is 0.490 e. The van der Waals surface area contributed by atoms with Crippen molar-refractivity contribution in [3.63, 3.8) is 0 Å². The van der Waals surface area contributed by atoms with Crippen LogP contribution in [0.1, 0.15) is 35.2 Å². The van der Waals surface area contributed by atoms with Crippen molar-refractivity contribution in [2.75, 3.05) is 18.0 Å². The van der Waals surface area contributed by atoms with E-state index < -0.39 is 0 Å². The molecule has 0 atom stereocenters. The Morgan fingerprint density at radius 1 is 1.12 bits per heavy atom. The summed E-state index contributed by atoms with van der Waals surface area (Å²) < 4.78 is 6.00. The van der Waals surface area contributed by atoms with Crippen LogP contribution in [0.25, 0.3) is 0 Å². The maximum absolute atomic E-state index is 9.46. The first-order chi connectivity index (χ1) is 12.1. The Labute approximate surface area is 147 Å². The van der Waals surface area contributed by atoms with Gasteiger partial charge in [0.1, 0.15) is 23.5 Å². The Morgan fingerprint density at radius 3 is 2.56 bits per heavy atom. The van der Waals surface area contributed by atoms with Crippen molar-refractivity contribution >= 4 is 5.82 Å². The van der Waals surface area contributed by atoms with Crippen molar-refractivity contribution in [1.82, 2.24) is 10.2 Å². The van der Waals surface area contributed by atoms with Crippen LogP contribution in [0.2, 0.25) is 0 Å². The standard InChI is InChI=1S/C19H19N5O/c1-13-14(2)22-23-19(18(13)12-21)24-8-6-16(7-9-24)25-17-5-3-4-15(10-17)11-20/h3-5,10,16H,6-9H2,1-2H3. The van der Waals surface area contributed by atoms with Crippen LogP contribution in [-0.2, 0) is 0 Å². The number of ether oxygens (including phenoxy) is 1. The molecule has 0 amide bonds. The predicted molar refractivity (Wildman–Crippen MR) is 93.2 cm³/mol. The highest BCUT2D eigenvalue weighted by molar-refractivity contribution is 5.57. The summed E-state index contributed by atoms with van der Waals surface area (Å²) in [5, 5.41) is 26.8. The van der Waals surface area contributed by atoms with Crippen molar-refractivity contribution < 1.29 is 4.74 Å². The zero-order chi connectivity index (χ0) is 17.8. The molecule has 3 rings (SSSR count). The van der Waals surface area contributed by atoms with Gasteiger partial charge in [0, 0.05) is 25.9 Å². The van der Waals surface area contributed by atoms with Gasteiger partial charge in [-0.3, -0.25) is 0 Å². The van der Waals surface area contributed by atoms with Crippen molar-refractivity contribution in [2.45, 2.75) is 32.8 Å². The molecule has 0 radical (unpaired) electrons. The van der Waals surface area contributed by atoms with Gasteiger partial charge in [0.05, 0.1) is 17.3 Å². The van der Waals surface area contributed by atoms with Crippen LogP contribution in [0.15, 0.2) is 24.3 Å². The van der Waals surface area contributed by atoms with Crippen molar-refractivity contribution in [2.24, 2.45) is 0 Å². The highest BCUT2D eigenvalue weighted by Crippen LogP contribution is 2.26. The van der Waals surface area contributed by atoms with Gasteiger partial charge in [0.25, 0.3) is 0 Å². The number of hydrogen-bond donors (Lipinski definition) is 0. The van der Waals surface area contributed by atoms with Gasteiger partial charge in [-0.2, -0.15) is 15.6 Å². The van der Waals surface area contributed by atoms with E-state index in [2.05, 4.69) is 27.2 Å². The molecule has 0 aliphatic carbocycles. The lowest BCUT2D eigenvalue weighted by Crippen LogP contribution is -2.39. The van der Waals surface area contributed by atoms with Gasteiger partial charge in [0.2, 0.25) is 0 Å². The minimum absolute atomic E-state index is 0.0928. The summed E-state index contributed by atoms with van der Waals surface area (Å²) in [5.41, 5.74) is 2.88. The fourth-order valence-corrected chi connectivity index (χ4v) is 2.97. The third-order valence-corrected chi connectivity index (χ3v) is 4.56. The van der Waals surface area contributed by atoms with Crippen LogP contribution in [0, 0.1) is 36.5 Å². The summed E-state index contributed by atoms with van der Waals surface area (Å²) >= 11 is 0. The average molecular weight is 333 g/mol. The van der Waals surface area contributed by atoms with E-state index in [9.17, 15) is 5.26 Å². The van der Waals surface area contributed by atoms with Crippen molar-refractivity contribution in [1.29, 1.82) is 10.5 Å². The molecule has 0 unspecified atom stereocenters. The zero-order valence-corrected chi connectivity index (χ0v) is 14.4. The smallest absolute Gasteiger partial charge is 0.169 e. The van der Waals surface area contributed by atoms with Crippen LogP contribution in [-0.4, -0.2) is 29.4 Å². The van der Waals surface area contributed by atoms with E-state index in [1.807, 2.05) is 26.0 Å². The molecule has 1 aliphatic rings. The minimum atomic E-state index is 0.0928. The number of anilines is 1. The number of aromatic nitrogens is 2. The van der Waals surface area contributed by atoms with Crippen LogP contribution in [0.3, 0.4) is 0 Å². The first-order valence-electron chi connectivity index (χ1n) is 8.28. The monoisotopic (exact) mass is 333 g/mol. The van der Waals surface area contributed by atoms with Crippen LogP contribution >= 0.6 is 0 Å². The van der Waals surface area contributed by atoms with E-state index in [0.29, 0.717) is 16.9 Å². The van der Waals surface area contributed by atoms with E-state index in [1.165, 1.54) is 0 Å². The van der Waals surface area contributed by atoms with Crippen molar-refractivity contribution in [3.05, 3.63) is 46.6 Å². The highest BCUT2D eigenvalue weighted by atomic mass is 16.5. The van der Waals surface area contributed by atoms with E-state index in [-0.39, 0.29) is 6.10 Å². The Morgan fingerprint density at radius 2 is 1.88 bits per heavy atom. The minimum Gasteiger partial charge on any atom is -0.490 e. The molecule has 1 fully saturated rings. The van der Waals surface area contributed by atoms with Gasteiger partial charge in [0.15, 0.2) is 5.82 Å². The van der Waals surface area contributed by atoms with E-state index >= 15 is 0 Å². The van der Waals surface area contributed by atoms with E-state index in [1.54, 1.807) is 12.1 Å². The molecule has 0 N–H and O–H groups in total. The Kier molecular flexibility index (Phi) is 4.81. The average Bonchev–Trinajstić information content (AvgIpc) is 2.65. The molecule has 2 heterocycles. The lowest BCUT2D eigenvalue weighted by Gasteiger charge is -2.33. The summed E-state index contributed by atoms with van der Waals surface area (Å²) in [5.74, 6) is 1.39. The summed E-state index contributed by atoms with van der Waals surface area (Å²) in [6.07, 6.45) is 1.75. The van der Waals surface area contributed by atoms with Gasteiger partial charge >= 0.3 is 0 Å². The molecule has 25 heavy (non-hydrogen) atoms. The second kappa shape index (κ2) is 7.19. The van der Waals surface area contributed by atoms with Gasteiger partial charge < -0.3 is 9.64 Å². The first kappa shape index (κ1) is 16.7. The number of benzene rings is 1. The maximum atomic E-state index is 9.46. The Balaban J connectivity index is 1.67. The number of nitrogens with zero attached hydrogens (tertiary/aromatic N) is 5. The number of rotatable bonds is 3. The van der Waals surface area contributed by atoms with Crippen LogP contribution in [0.5, 0.6) is 5.75 Å². The molecule has 1 aliphatic heterocycles. The third kappa shape index (κ3) is 3.54. The second-order valence-electron chi connectivity index (χ2n) is 6.16. The fourth-order valence-electron chi connectivity index (χ4n) is 2.97. The molecule has 126 valence electrons. The van der Waals surface area contributed by atoms with Crippen LogP contribution < -0.4 is 9.64 Å². The van der Waals surface area contributed by atoms with Crippen molar-refractivity contribution in [3.8, 4) is 17.9 Å². The maximum Gasteiger partial charge on any atom is 0.169 e. The Hall–Kier alpha value is -3.12. The third-order valence-electron chi connectivity index (χ3n) is 4.56. The summed E-state index contributed by atoms with van der Waals surface area (Å²) in [4.78, 5) is 2.10. The molecule has 6 heteroatoms. The lowest BCUT2D eigenvalue weighted by atomic mass is 10.1. The molecule has 1 saturated heterocycles. The summed E-state index contributed by atoms with van der Waals surface area (Å²) in [6, 6.07) is 11.6. The summed E-state index contributed by atoms with van der Waals surface area (Å²) in [6.45, 7) is 5.29. The lowest BCUT2D eigenvalue weighted by molar-refractivity contribution is 0.170. The van der Waals surface area contributed by atoms with Gasteiger partial charge in [-0.25, -0.2) is 0 Å².